The van der Waals surface area contributed by atoms with Gasteiger partial charge in [-0.05, 0) is 13.8 Å². The summed E-state index contributed by atoms with van der Waals surface area (Å²) in [4.78, 5) is 22.7. The predicted octanol–water partition coefficient (Wildman–Crippen LogP) is 0.906. The molecule has 1 fully saturated rings. The van der Waals surface area contributed by atoms with E-state index >= 15 is 0 Å². The Bertz CT molecular complexity index is 284. The number of ketones is 1. The van der Waals surface area contributed by atoms with Crippen LogP contribution in [0.25, 0.3) is 0 Å². The Kier molecular flexibility index (Phi) is 4.04. The topological polar surface area (TPSA) is 61.8 Å². The van der Waals surface area contributed by atoms with Crippen LogP contribution in [0.5, 0.6) is 0 Å². The van der Waals surface area contributed by atoms with Gasteiger partial charge in [0.05, 0.1) is 13.5 Å². The van der Waals surface area contributed by atoms with Crippen molar-refractivity contribution in [2.24, 2.45) is 5.92 Å². The summed E-state index contributed by atoms with van der Waals surface area (Å²) < 4.78 is 15.3. The normalized spacial score (nSPS) is 26.2. The molecule has 0 aromatic carbocycles. The fourth-order valence-electron chi connectivity index (χ4n) is 1.62. The van der Waals surface area contributed by atoms with Gasteiger partial charge in [-0.25, -0.2) is 0 Å². The molecule has 1 aliphatic rings. The maximum atomic E-state index is 11.6. The Morgan fingerprint density at radius 2 is 2.25 bits per heavy atom. The summed E-state index contributed by atoms with van der Waals surface area (Å²) >= 11 is 0. The molecular formula is C11H18O5. The Morgan fingerprint density at radius 3 is 2.81 bits per heavy atom. The quantitative estimate of drug-likeness (QED) is 0.674. The van der Waals surface area contributed by atoms with Crippen LogP contribution < -0.4 is 0 Å². The highest BCUT2D eigenvalue weighted by atomic mass is 16.7. The second-order valence-electron chi connectivity index (χ2n) is 4.45. The standard InChI is InChI=1S/C11H18O5/c1-7(5-9(13)14-4)10-8(12)6-15-11(2,3)16-10/h7,10H,5-6H2,1-4H3/t7-,10-/m0/s1. The molecule has 5 nitrogen and oxygen atoms in total. The lowest BCUT2D eigenvalue weighted by atomic mass is 9.96. The molecule has 1 heterocycles. The predicted molar refractivity (Wildman–Crippen MR) is 55.7 cm³/mol. The first-order valence-electron chi connectivity index (χ1n) is 5.27. The minimum absolute atomic E-state index is 0.0309. The lowest BCUT2D eigenvalue weighted by Gasteiger charge is -2.37. The number of hydrogen-bond acceptors (Lipinski definition) is 5. The van der Waals surface area contributed by atoms with E-state index in [-0.39, 0.29) is 30.7 Å². The summed E-state index contributed by atoms with van der Waals surface area (Å²) in [7, 11) is 1.33. The molecule has 0 aromatic rings. The van der Waals surface area contributed by atoms with Crippen LogP contribution in [0.2, 0.25) is 0 Å². The van der Waals surface area contributed by atoms with Crippen LogP contribution >= 0.6 is 0 Å². The van der Waals surface area contributed by atoms with E-state index in [9.17, 15) is 9.59 Å². The van der Waals surface area contributed by atoms with E-state index in [4.69, 9.17) is 9.47 Å². The van der Waals surface area contributed by atoms with Gasteiger partial charge < -0.3 is 14.2 Å². The van der Waals surface area contributed by atoms with Crippen molar-refractivity contribution in [1.29, 1.82) is 0 Å². The monoisotopic (exact) mass is 230 g/mol. The minimum atomic E-state index is -0.775. The van der Waals surface area contributed by atoms with Gasteiger partial charge in [-0.15, -0.1) is 0 Å². The molecule has 1 aliphatic heterocycles. The molecule has 0 N–H and O–H groups in total. The second kappa shape index (κ2) is 4.93. The summed E-state index contributed by atoms with van der Waals surface area (Å²) in [6.45, 7) is 5.32. The van der Waals surface area contributed by atoms with E-state index in [1.807, 2.05) is 0 Å². The molecule has 0 saturated carbocycles. The van der Waals surface area contributed by atoms with Gasteiger partial charge in [0, 0.05) is 5.92 Å². The maximum Gasteiger partial charge on any atom is 0.305 e. The van der Waals surface area contributed by atoms with Gasteiger partial charge in [-0.1, -0.05) is 6.92 Å². The molecule has 0 radical (unpaired) electrons. The smallest absolute Gasteiger partial charge is 0.305 e. The van der Waals surface area contributed by atoms with Crippen LogP contribution in [0.4, 0.5) is 0 Å². The first kappa shape index (κ1) is 13.1. The number of hydrogen-bond donors (Lipinski definition) is 0. The highest BCUT2D eigenvalue weighted by Crippen LogP contribution is 2.26. The van der Waals surface area contributed by atoms with Crippen molar-refractivity contribution in [2.45, 2.75) is 39.1 Å². The number of ether oxygens (including phenoxy) is 3. The highest BCUT2D eigenvalue weighted by Gasteiger charge is 2.38. The Morgan fingerprint density at radius 1 is 1.62 bits per heavy atom. The summed E-state index contributed by atoms with van der Waals surface area (Å²) in [6.07, 6.45) is -0.425. The van der Waals surface area contributed by atoms with Crippen LogP contribution in [0.1, 0.15) is 27.2 Å². The Labute approximate surface area is 95.0 Å². The van der Waals surface area contributed by atoms with E-state index in [1.54, 1.807) is 20.8 Å². The third kappa shape index (κ3) is 3.28. The number of Topliss-reactive ketones (excluding diaryl/α,β-unsaturated/α-hetero) is 1. The van der Waals surface area contributed by atoms with Crippen LogP contribution in [0.3, 0.4) is 0 Å². The molecule has 5 heteroatoms. The van der Waals surface area contributed by atoms with Crippen LogP contribution in [-0.4, -0.2) is 37.4 Å². The first-order chi connectivity index (χ1) is 7.35. The van der Waals surface area contributed by atoms with Crippen molar-refractivity contribution in [3.8, 4) is 0 Å². The third-order valence-electron chi connectivity index (χ3n) is 2.52. The first-order valence-corrected chi connectivity index (χ1v) is 5.27. The van der Waals surface area contributed by atoms with E-state index in [2.05, 4.69) is 4.74 Å². The van der Waals surface area contributed by atoms with Crippen molar-refractivity contribution < 1.29 is 23.8 Å². The zero-order valence-corrected chi connectivity index (χ0v) is 10.1. The highest BCUT2D eigenvalue weighted by molar-refractivity contribution is 5.85. The fraction of sp³-hybridized carbons (Fsp3) is 0.818. The van der Waals surface area contributed by atoms with Crippen molar-refractivity contribution in [3.05, 3.63) is 0 Å². The molecule has 2 atom stereocenters. The van der Waals surface area contributed by atoms with Crippen molar-refractivity contribution in [3.63, 3.8) is 0 Å². The average molecular weight is 230 g/mol. The molecule has 0 spiro atoms. The summed E-state index contributed by atoms with van der Waals surface area (Å²) in [5.74, 6) is -1.45. The molecule has 1 saturated heterocycles. The summed E-state index contributed by atoms with van der Waals surface area (Å²) in [5, 5.41) is 0. The molecule has 0 aromatic heterocycles. The molecule has 92 valence electrons. The Hall–Kier alpha value is -0.940. The van der Waals surface area contributed by atoms with Gasteiger partial charge in [0.15, 0.2) is 11.6 Å². The van der Waals surface area contributed by atoms with Gasteiger partial charge >= 0.3 is 5.97 Å². The van der Waals surface area contributed by atoms with Gasteiger partial charge in [0.25, 0.3) is 0 Å². The lowest BCUT2D eigenvalue weighted by molar-refractivity contribution is -0.265. The van der Waals surface area contributed by atoms with E-state index in [0.29, 0.717) is 0 Å². The van der Waals surface area contributed by atoms with Crippen molar-refractivity contribution >= 4 is 11.8 Å². The molecule has 0 amide bonds. The number of methoxy groups -OCH3 is 1. The molecular weight excluding hydrogens is 212 g/mol. The molecule has 1 rings (SSSR count). The van der Waals surface area contributed by atoms with Crippen LogP contribution in [0, 0.1) is 5.92 Å². The largest absolute Gasteiger partial charge is 0.469 e. The van der Waals surface area contributed by atoms with Crippen LogP contribution in [-0.2, 0) is 23.8 Å². The molecule has 16 heavy (non-hydrogen) atoms. The molecule has 0 unspecified atom stereocenters. The zero-order chi connectivity index (χ0) is 12.3. The number of esters is 1. The number of rotatable bonds is 3. The van der Waals surface area contributed by atoms with Gasteiger partial charge in [0.2, 0.25) is 0 Å². The number of carbonyl (C=O) groups is 2. The van der Waals surface area contributed by atoms with Gasteiger partial charge in [0.1, 0.15) is 12.7 Å². The fourth-order valence-corrected chi connectivity index (χ4v) is 1.62. The van der Waals surface area contributed by atoms with Crippen molar-refractivity contribution in [2.75, 3.05) is 13.7 Å². The zero-order valence-electron chi connectivity index (χ0n) is 10.1. The van der Waals surface area contributed by atoms with E-state index in [0.717, 1.165) is 0 Å². The van der Waals surface area contributed by atoms with Gasteiger partial charge in [-0.3, -0.25) is 9.59 Å². The number of carbonyl (C=O) groups excluding carboxylic acids is 2. The molecule has 0 aliphatic carbocycles. The van der Waals surface area contributed by atoms with E-state index < -0.39 is 11.9 Å². The van der Waals surface area contributed by atoms with Crippen molar-refractivity contribution in [1.82, 2.24) is 0 Å². The Balaban J connectivity index is 2.62. The molecule has 0 bridgehead atoms. The van der Waals surface area contributed by atoms with Gasteiger partial charge in [-0.2, -0.15) is 0 Å². The lowest BCUT2D eigenvalue weighted by Crippen LogP contribution is -2.49. The maximum absolute atomic E-state index is 11.6. The second-order valence-corrected chi connectivity index (χ2v) is 4.45. The SMILES string of the molecule is COC(=O)C[C@H](C)[C@@H]1OC(C)(C)OCC1=O. The van der Waals surface area contributed by atoms with E-state index in [1.165, 1.54) is 7.11 Å². The third-order valence-corrected chi connectivity index (χ3v) is 2.52. The summed E-state index contributed by atoms with van der Waals surface area (Å²) in [5.41, 5.74) is 0. The van der Waals surface area contributed by atoms with Crippen LogP contribution in [0.15, 0.2) is 0 Å². The average Bonchev–Trinajstić information content (AvgIpc) is 2.21. The summed E-state index contributed by atoms with van der Waals surface area (Å²) in [6, 6.07) is 0. The minimum Gasteiger partial charge on any atom is -0.469 e.